The standard InChI is InChI=1S/C15H23NO2/c1-3-11(4-2)13(10-16)12-5-6-14-15(9-12)18-8-7-17-14/h5-6,9,11,13H,3-4,7-8,10,16H2,1-2H3. The van der Waals surface area contributed by atoms with Crippen LogP contribution in [-0.2, 0) is 0 Å². The van der Waals surface area contributed by atoms with Crippen LogP contribution in [0, 0.1) is 5.92 Å². The van der Waals surface area contributed by atoms with E-state index in [1.54, 1.807) is 0 Å². The van der Waals surface area contributed by atoms with E-state index in [-0.39, 0.29) is 0 Å². The van der Waals surface area contributed by atoms with E-state index in [9.17, 15) is 0 Å². The zero-order chi connectivity index (χ0) is 13.0. The summed E-state index contributed by atoms with van der Waals surface area (Å²) in [6, 6.07) is 6.24. The van der Waals surface area contributed by atoms with E-state index in [0.717, 1.165) is 24.3 Å². The number of fused-ring (bicyclic) bond motifs is 1. The molecule has 1 aromatic carbocycles. The second-order valence-corrected chi connectivity index (χ2v) is 4.82. The molecule has 2 rings (SSSR count). The molecule has 3 heteroatoms. The van der Waals surface area contributed by atoms with Crippen molar-refractivity contribution in [3.63, 3.8) is 0 Å². The van der Waals surface area contributed by atoms with Crippen molar-refractivity contribution in [2.24, 2.45) is 11.7 Å². The zero-order valence-corrected chi connectivity index (χ0v) is 11.3. The summed E-state index contributed by atoms with van der Waals surface area (Å²) in [7, 11) is 0. The highest BCUT2D eigenvalue weighted by atomic mass is 16.6. The number of rotatable bonds is 5. The Balaban J connectivity index is 2.25. The van der Waals surface area contributed by atoms with Gasteiger partial charge in [0.15, 0.2) is 11.5 Å². The molecule has 2 N–H and O–H groups in total. The fourth-order valence-corrected chi connectivity index (χ4v) is 2.75. The second-order valence-electron chi connectivity index (χ2n) is 4.82. The van der Waals surface area contributed by atoms with Crippen molar-refractivity contribution in [2.75, 3.05) is 19.8 Å². The van der Waals surface area contributed by atoms with Gasteiger partial charge in [0, 0.05) is 0 Å². The van der Waals surface area contributed by atoms with Crippen molar-refractivity contribution in [1.82, 2.24) is 0 Å². The Kier molecular flexibility index (Phi) is 4.48. The third kappa shape index (κ3) is 2.61. The molecule has 1 aliphatic rings. The van der Waals surface area contributed by atoms with Gasteiger partial charge >= 0.3 is 0 Å². The van der Waals surface area contributed by atoms with Crippen LogP contribution in [0.5, 0.6) is 11.5 Å². The Labute approximate surface area is 109 Å². The van der Waals surface area contributed by atoms with Gasteiger partial charge in [-0.1, -0.05) is 32.8 Å². The van der Waals surface area contributed by atoms with Crippen molar-refractivity contribution in [3.05, 3.63) is 23.8 Å². The van der Waals surface area contributed by atoms with Crippen molar-refractivity contribution in [1.29, 1.82) is 0 Å². The molecule has 0 aromatic heterocycles. The largest absolute Gasteiger partial charge is 0.486 e. The molecule has 18 heavy (non-hydrogen) atoms. The second kappa shape index (κ2) is 6.10. The van der Waals surface area contributed by atoms with E-state index < -0.39 is 0 Å². The Morgan fingerprint density at radius 2 is 1.78 bits per heavy atom. The van der Waals surface area contributed by atoms with E-state index in [4.69, 9.17) is 15.2 Å². The smallest absolute Gasteiger partial charge is 0.161 e. The summed E-state index contributed by atoms with van der Waals surface area (Å²) >= 11 is 0. The lowest BCUT2D eigenvalue weighted by Gasteiger charge is -2.26. The van der Waals surface area contributed by atoms with E-state index >= 15 is 0 Å². The molecule has 1 aliphatic heterocycles. The molecule has 100 valence electrons. The lowest BCUT2D eigenvalue weighted by atomic mass is 9.82. The predicted octanol–water partition coefficient (Wildman–Crippen LogP) is 2.94. The first-order valence-electron chi connectivity index (χ1n) is 6.89. The Bertz CT molecular complexity index is 388. The summed E-state index contributed by atoms with van der Waals surface area (Å²) in [5, 5.41) is 0. The first-order valence-corrected chi connectivity index (χ1v) is 6.89. The maximum Gasteiger partial charge on any atom is 0.161 e. The molecule has 1 aromatic rings. The van der Waals surface area contributed by atoms with Crippen molar-refractivity contribution >= 4 is 0 Å². The highest BCUT2D eigenvalue weighted by molar-refractivity contribution is 5.45. The molecule has 0 saturated carbocycles. The van der Waals surface area contributed by atoms with Gasteiger partial charge in [0.25, 0.3) is 0 Å². The van der Waals surface area contributed by atoms with Gasteiger partial charge in [-0.3, -0.25) is 0 Å². The lowest BCUT2D eigenvalue weighted by molar-refractivity contribution is 0.171. The first-order chi connectivity index (χ1) is 8.80. The number of hydrogen-bond acceptors (Lipinski definition) is 3. The molecule has 0 bridgehead atoms. The lowest BCUT2D eigenvalue weighted by Crippen LogP contribution is -2.21. The van der Waals surface area contributed by atoms with E-state index in [1.165, 1.54) is 5.56 Å². The molecular weight excluding hydrogens is 226 g/mol. The van der Waals surface area contributed by atoms with Crippen molar-refractivity contribution < 1.29 is 9.47 Å². The van der Waals surface area contributed by atoms with Crippen molar-refractivity contribution in [2.45, 2.75) is 32.6 Å². The van der Waals surface area contributed by atoms with Gasteiger partial charge in [-0.2, -0.15) is 0 Å². The minimum Gasteiger partial charge on any atom is -0.486 e. The van der Waals surface area contributed by atoms with Crippen LogP contribution < -0.4 is 15.2 Å². The zero-order valence-electron chi connectivity index (χ0n) is 11.3. The van der Waals surface area contributed by atoms with E-state index in [2.05, 4.69) is 26.0 Å². The average Bonchev–Trinajstić information content (AvgIpc) is 2.44. The molecule has 0 fully saturated rings. The highest BCUT2D eigenvalue weighted by Crippen LogP contribution is 2.36. The molecular formula is C15H23NO2. The van der Waals surface area contributed by atoms with Crippen molar-refractivity contribution in [3.8, 4) is 11.5 Å². The summed E-state index contributed by atoms with van der Waals surface area (Å²) in [5.74, 6) is 2.77. The SMILES string of the molecule is CCC(CC)C(CN)c1ccc2c(c1)OCCO2. The van der Waals surface area contributed by atoms with Crippen LogP contribution >= 0.6 is 0 Å². The summed E-state index contributed by atoms with van der Waals surface area (Å²) in [6.45, 7) is 6.42. The van der Waals surface area contributed by atoms with E-state index in [0.29, 0.717) is 31.6 Å². The number of ether oxygens (including phenoxy) is 2. The van der Waals surface area contributed by atoms with Crippen LogP contribution in [0.15, 0.2) is 18.2 Å². The van der Waals surface area contributed by atoms with Gasteiger partial charge in [0.05, 0.1) is 0 Å². The number of hydrogen-bond donors (Lipinski definition) is 1. The molecule has 0 spiro atoms. The average molecular weight is 249 g/mol. The minimum atomic E-state index is 0.413. The molecule has 0 aliphatic carbocycles. The summed E-state index contributed by atoms with van der Waals surface area (Å²) in [6.07, 6.45) is 2.32. The van der Waals surface area contributed by atoms with Crippen LogP contribution in [0.3, 0.4) is 0 Å². The maximum atomic E-state index is 5.96. The van der Waals surface area contributed by atoms with Crippen LogP contribution in [-0.4, -0.2) is 19.8 Å². The van der Waals surface area contributed by atoms with Crippen LogP contribution in [0.1, 0.15) is 38.2 Å². The van der Waals surface area contributed by atoms with Gasteiger partial charge in [0.1, 0.15) is 13.2 Å². The number of nitrogens with two attached hydrogens (primary N) is 1. The van der Waals surface area contributed by atoms with Crippen LogP contribution in [0.25, 0.3) is 0 Å². The Morgan fingerprint density at radius 3 is 2.39 bits per heavy atom. The van der Waals surface area contributed by atoms with Crippen LogP contribution in [0.2, 0.25) is 0 Å². The summed E-state index contributed by atoms with van der Waals surface area (Å²) in [5.41, 5.74) is 7.23. The first kappa shape index (κ1) is 13.2. The van der Waals surface area contributed by atoms with Crippen LogP contribution in [0.4, 0.5) is 0 Å². The predicted molar refractivity (Wildman–Crippen MR) is 73.3 cm³/mol. The molecule has 0 saturated heterocycles. The third-order valence-electron chi connectivity index (χ3n) is 3.87. The monoisotopic (exact) mass is 249 g/mol. The van der Waals surface area contributed by atoms with Gasteiger partial charge in [-0.05, 0) is 36.1 Å². The topological polar surface area (TPSA) is 44.5 Å². The van der Waals surface area contributed by atoms with Gasteiger partial charge < -0.3 is 15.2 Å². The van der Waals surface area contributed by atoms with Gasteiger partial charge in [-0.15, -0.1) is 0 Å². The van der Waals surface area contributed by atoms with Gasteiger partial charge in [-0.25, -0.2) is 0 Å². The third-order valence-corrected chi connectivity index (χ3v) is 3.87. The fourth-order valence-electron chi connectivity index (χ4n) is 2.75. The molecule has 3 nitrogen and oxygen atoms in total. The molecule has 0 radical (unpaired) electrons. The van der Waals surface area contributed by atoms with E-state index in [1.807, 2.05) is 6.07 Å². The molecule has 1 atom stereocenters. The number of benzene rings is 1. The maximum absolute atomic E-state index is 5.96. The highest BCUT2D eigenvalue weighted by Gasteiger charge is 2.21. The normalized spacial score (nSPS) is 15.8. The molecule has 1 unspecified atom stereocenters. The molecule has 1 heterocycles. The molecule has 0 amide bonds. The Hall–Kier alpha value is -1.22. The quantitative estimate of drug-likeness (QED) is 0.872. The van der Waals surface area contributed by atoms with Gasteiger partial charge in [0.2, 0.25) is 0 Å². The summed E-state index contributed by atoms with van der Waals surface area (Å²) in [4.78, 5) is 0. The summed E-state index contributed by atoms with van der Waals surface area (Å²) < 4.78 is 11.2. The Morgan fingerprint density at radius 1 is 1.11 bits per heavy atom. The fraction of sp³-hybridized carbons (Fsp3) is 0.600. The minimum absolute atomic E-state index is 0.413.